The van der Waals surface area contributed by atoms with Gasteiger partial charge in [0, 0.05) is 12.5 Å². The van der Waals surface area contributed by atoms with Crippen LogP contribution in [-0.2, 0) is 9.59 Å². The predicted molar refractivity (Wildman–Crippen MR) is 63.1 cm³/mol. The summed E-state index contributed by atoms with van der Waals surface area (Å²) in [5.74, 6) is -0.632. The number of nitrogens with zero attached hydrogens (tertiary/aromatic N) is 1. The van der Waals surface area contributed by atoms with Crippen molar-refractivity contribution in [1.29, 1.82) is 0 Å². The molecule has 0 aromatic rings. The standard InChI is InChI=1S/C12H23NO3/c1-8(2)6-13(7-11(14)15)12(16)10(5)9(3)4/h8-10H,6-7H2,1-5H3,(H,14,15)/t10-/m0/s1. The average molecular weight is 229 g/mol. The van der Waals surface area contributed by atoms with E-state index in [1.807, 2.05) is 34.6 Å². The van der Waals surface area contributed by atoms with Gasteiger partial charge in [-0.15, -0.1) is 0 Å². The van der Waals surface area contributed by atoms with Crippen molar-refractivity contribution >= 4 is 11.9 Å². The summed E-state index contributed by atoms with van der Waals surface area (Å²) in [6.45, 7) is 10.0. The number of carbonyl (C=O) groups excluding carboxylic acids is 1. The van der Waals surface area contributed by atoms with Crippen LogP contribution >= 0.6 is 0 Å². The number of hydrogen-bond acceptors (Lipinski definition) is 2. The Morgan fingerprint density at radius 3 is 1.94 bits per heavy atom. The van der Waals surface area contributed by atoms with E-state index >= 15 is 0 Å². The first-order valence-electron chi connectivity index (χ1n) is 5.76. The first-order valence-corrected chi connectivity index (χ1v) is 5.76. The molecule has 0 aromatic heterocycles. The number of carboxylic acids is 1. The second-order valence-corrected chi connectivity index (χ2v) is 5.04. The highest BCUT2D eigenvalue weighted by Crippen LogP contribution is 2.14. The first kappa shape index (κ1) is 14.9. The summed E-state index contributed by atoms with van der Waals surface area (Å²) in [6, 6.07) is 0. The number of carboxylic acid groups (broad SMARTS) is 1. The molecule has 16 heavy (non-hydrogen) atoms. The molecule has 0 saturated heterocycles. The summed E-state index contributed by atoms with van der Waals surface area (Å²) in [4.78, 5) is 24.2. The van der Waals surface area contributed by atoms with Crippen LogP contribution in [0.25, 0.3) is 0 Å². The lowest BCUT2D eigenvalue weighted by Gasteiger charge is -2.27. The molecule has 0 saturated carbocycles. The van der Waals surface area contributed by atoms with Crippen LogP contribution in [0.1, 0.15) is 34.6 Å². The molecular formula is C12H23NO3. The average Bonchev–Trinajstić information content (AvgIpc) is 2.12. The lowest BCUT2D eigenvalue weighted by Crippen LogP contribution is -2.42. The Kier molecular flexibility index (Phi) is 6.08. The Balaban J connectivity index is 4.61. The van der Waals surface area contributed by atoms with Crippen molar-refractivity contribution in [2.24, 2.45) is 17.8 Å². The molecule has 0 aliphatic heterocycles. The maximum atomic E-state index is 12.0. The molecule has 0 aliphatic rings. The molecule has 0 aliphatic carbocycles. The van der Waals surface area contributed by atoms with Gasteiger partial charge in [0.15, 0.2) is 0 Å². The second kappa shape index (κ2) is 6.51. The molecule has 94 valence electrons. The highest BCUT2D eigenvalue weighted by Gasteiger charge is 2.24. The van der Waals surface area contributed by atoms with Gasteiger partial charge in [0.1, 0.15) is 6.54 Å². The number of aliphatic carboxylic acids is 1. The lowest BCUT2D eigenvalue weighted by atomic mass is 9.96. The van der Waals surface area contributed by atoms with Crippen molar-refractivity contribution in [2.75, 3.05) is 13.1 Å². The van der Waals surface area contributed by atoms with Gasteiger partial charge in [0.2, 0.25) is 5.91 Å². The van der Waals surface area contributed by atoms with E-state index in [1.165, 1.54) is 4.90 Å². The maximum absolute atomic E-state index is 12.0. The number of amides is 1. The van der Waals surface area contributed by atoms with Crippen LogP contribution in [0.2, 0.25) is 0 Å². The Labute approximate surface area is 97.6 Å². The summed E-state index contributed by atoms with van der Waals surface area (Å²) < 4.78 is 0. The van der Waals surface area contributed by atoms with Gasteiger partial charge in [-0.1, -0.05) is 34.6 Å². The molecule has 4 heteroatoms. The molecule has 0 bridgehead atoms. The fraction of sp³-hybridized carbons (Fsp3) is 0.833. The minimum Gasteiger partial charge on any atom is -0.480 e. The molecule has 4 nitrogen and oxygen atoms in total. The molecule has 1 atom stereocenters. The molecule has 0 fully saturated rings. The molecular weight excluding hydrogens is 206 g/mol. The fourth-order valence-electron chi connectivity index (χ4n) is 1.41. The van der Waals surface area contributed by atoms with Crippen LogP contribution in [0.3, 0.4) is 0 Å². The smallest absolute Gasteiger partial charge is 0.323 e. The fourth-order valence-corrected chi connectivity index (χ4v) is 1.41. The van der Waals surface area contributed by atoms with Gasteiger partial charge < -0.3 is 10.0 Å². The minimum absolute atomic E-state index is 0.0638. The monoisotopic (exact) mass is 229 g/mol. The van der Waals surface area contributed by atoms with Gasteiger partial charge in [0.05, 0.1) is 0 Å². The molecule has 0 heterocycles. The van der Waals surface area contributed by atoms with E-state index in [0.29, 0.717) is 6.54 Å². The van der Waals surface area contributed by atoms with Crippen LogP contribution in [0.15, 0.2) is 0 Å². The highest BCUT2D eigenvalue weighted by atomic mass is 16.4. The molecule has 0 radical (unpaired) electrons. The van der Waals surface area contributed by atoms with Crippen molar-refractivity contribution in [2.45, 2.75) is 34.6 Å². The van der Waals surface area contributed by atoms with Crippen LogP contribution in [-0.4, -0.2) is 35.0 Å². The number of carbonyl (C=O) groups is 2. The first-order chi connectivity index (χ1) is 7.25. The Morgan fingerprint density at radius 2 is 1.62 bits per heavy atom. The van der Waals surface area contributed by atoms with Crippen LogP contribution in [0, 0.1) is 17.8 Å². The van der Waals surface area contributed by atoms with Crippen molar-refractivity contribution in [3.8, 4) is 0 Å². The van der Waals surface area contributed by atoms with Gasteiger partial charge in [-0.2, -0.15) is 0 Å². The van der Waals surface area contributed by atoms with Crippen molar-refractivity contribution < 1.29 is 14.7 Å². The predicted octanol–water partition coefficient (Wildman–Crippen LogP) is 1.85. The molecule has 0 spiro atoms. The van der Waals surface area contributed by atoms with E-state index in [4.69, 9.17) is 5.11 Å². The summed E-state index contributed by atoms with van der Waals surface area (Å²) in [6.07, 6.45) is 0. The van der Waals surface area contributed by atoms with Crippen LogP contribution in [0.5, 0.6) is 0 Å². The maximum Gasteiger partial charge on any atom is 0.323 e. The number of hydrogen-bond donors (Lipinski definition) is 1. The van der Waals surface area contributed by atoms with Gasteiger partial charge in [-0.25, -0.2) is 0 Å². The third kappa shape index (κ3) is 5.14. The zero-order valence-electron chi connectivity index (χ0n) is 10.9. The van der Waals surface area contributed by atoms with E-state index in [-0.39, 0.29) is 30.2 Å². The third-order valence-electron chi connectivity index (χ3n) is 2.61. The Morgan fingerprint density at radius 1 is 1.12 bits per heavy atom. The summed E-state index contributed by atoms with van der Waals surface area (Å²) in [5.41, 5.74) is 0. The van der Waals surface area contributed by atoms with E-state index in [2.05, 4.69) is 0 Å². The molecule has 1 amide bonds. The Hall–Kier alpha value is -1.06. The minimum atomic E-state index is -0.954. The molecule has 1 N–H and O–H groups in total. The van der Waals surface area contributed by atoms with E-state index in [9.17, 15) is 9.59 Å². The highest BCUT2D eigenvalue weighted by molar-refractivity contribution is 5.83. The summed E-state index contributed by atoms with van der Waals surface area (Å²) >= 11 is 0. The van der Waals surface area contributed by atoms with E-state index in [0.717, 1.165) is 0 Å². The quantitative estimate of drug-likeness (QED) is 0.756. The van der Waals surface area contributed by atoms with E-state index < -0.39 is 5.97 Å². The van der Waals surface area contributed by atoms with Gasteiger partial charge in [-0.3, -0.25) is 9.59 Å². The zero-order valence-corrected chi connectivity index (χ0v) is 10.9. The largest absolute Gasteiger partial charge is 0.480 e. The van der Waals surface area contributed by atoms with Crippen molar-refractivity contribution in [1.82, 2.24) is 4.90 Å². The van der Waals surface area contributed by atoms with Crippen LogP contribution in [0.4, 0.5) is 0 Å². The summed E-state index contributed by atoms with van der Waals surface area (Å²) in [7, 11) is 0. The van der Waals surface area contributed by atoms with Crippen molar-refractivity contribution in [3.63, 3.8) is 0 Å². The number of rotatable bonds is 6. The lowest BCUT2D eigenvalue weighted by molar-refractivity contribution is -0.147. The zero-order chi connectivity index (χ0) is 12.9. The SMILES string of the molecule is CC(C)CN(CC(=O)O)C(=O)[C@@H](C)C(C)C. The van der Waals surface area contributed by atoms with Crippen LogP contribution < -0.4 is 0 Å². The normalized spacial score (nSPS) is 12.9. The summed E-state index contributed by atoms with van der Waals surface area (Å²) in [5, 5.41) is 8.77. The van der Waals surface area contributed by atoms with Crippen molar-refractivity contribution in [3.05, 3.63) is 0 Å². The molecule has 0 rings (SSSR count). The molecule has 0 unspecified atom stereocenters. The van der Waals surface area contributed by atoms with E-state index in [1.54, 1.807) is 0 Å². The van der Waals surface area contributed by atoms with Gasteiger partial charge in [0.25, 0.3) is 0 Å². The third-order valence-corrected chi connectivity index (χ3v) is 2.61. The molecule has 0 aromatic carbocycles. The topological polar surface area (TPSA) is 57.6 Å². The van der Waals surface area contributed by atoms with Gasteiger partial charge in [-0.05, 0) is 11.8 Å². The Bertz CT molecular complexity index is 249. The second-order valence-electron chi connectivity index (χ2n) is 5.04. The van der Waals surface area contributed by atoms with Gasteiger partial charge >= 0.3 is 5.97 Å².